The van der Waals surface area contributed by atoms with Crippen molar-refractivity contribution < 1.29 is 231 Å². The summed E-state index contributed by atoms with van der Waals surface area (Å²) in [6.07, 6.45) is -85.6. The molecule has 0 aliphatic carbocycles. The first kappa shape index (κ1) is 115. The maximum absolute atomic E-state index is 12.9. The zero-order chi connectivity index (χ0) is 103. The fraction of sp³-hybridized carbons (Fsp3) is 0.273. The lowest BCUT2D eigenvalue weighted by Crippen LogP contribution is -2.29. The number of rotatable bonds is 12. The second kappa shape index (κ2) is 42.4. The first-order valence-corrected chi connectivity index (χ1v) is 36.3. The van der Waals surface area contributed by atoms with E-state index in [2.05, 4.69) is 41.1 Å². The van der Waals surface area contributed by atoms with Crippen LogP contribution in [0.2, 0.25) is 0 Å². The zero-order valence-corrected chi connectivity index (χ0v) is 65.8. The summed E-state index contributed by atoms with van der Waals surface area (Å²) in [6, 6.07) is 28.7. The van der Waals surface area contributed by atoms with Crippen molar-refractivity contribution in [3.05, 3.63) is 269 Å². The molecule has 8 rings (SSSR count). The third-order valence-electron chi connectivity index (χ3n) is 16.0. The van der Waals surface area contributed by atoms with Gasteiger partial charge in [-0.25, -0.2) is 9.59 Å². The van der Waals surface area contributed by atoms with Gasteiger partial charge in [0.05, 0.1) is 96.7 Å². The SMILES string of the molecule is CC(=O)c1cc(C(F)(F)F)c(C(F)(F)F)c(C(F)(F)F)c1.CCOC(=O)/C=C/c1cc(C(F)(F)F)c(C(F)(F)F)c(C(F)(F)F)c1.CCOC(=O)C=P(c1ccccc1)(c1ccccc1)c1ccccc1.NCc1cc(C(F)(F)F)c(C(F)(F)F)c(C(F)(F)F)c1.O=C(Cl)c1cc(C(F)(F)F)c(C(F)(F)F)c(C(F)(F)F)c1.O=Cc1cc(C(F)(F)F)c(C(F)(F)F)c(C(F)(F)F)c1. The molecule has 0 heterocycles. The van der Waals surface area contributed by atoms with Crippen molar-refractivity contribution in [1.82, 2.24) is 0 Å². The van der Waals surface area contributed by atoms with E-state index >= 15 is 0 Å². The van der Waals surface area contributed by atoms with Gasteiger partial charge in [-0.3, -0.25) is 14.4 Å². The highest BCUT2D eigenvalue weighted by molar-refractivity contribution is 7.95. The number of ketones is 1. The first-order chi connectivity index (χ1) is 59.3. The Labute approximate surface area is 712 Å². The van der Waals surface area contributed by atoms with E-state index in [0.717, 1.165) is 15.9 Å². The van der Waals surface area contributed by atoms with Crippen LogP contribution in [0.5, 0.6) is 0 Å². The molecule has 55 heteroatoms. The topological polar surface area (TPSA) is 130 Å². The maximum Gasteiger partial charge on any atom is 0.417 e. The summed E-state index contributed by atoms with van der Waals surface area (Å²) in [5.74, 6) is -0.770. The Hall–Kier alpha value is -11.2. The average Bonchev–Trinajstić information content (AvgIpc) is 0.808. The number of hydrogen-bond donors (Lipinski definition) is 1. The van der Waals surface area contributed by atoms with E-state index in [9.17, 15) is 222 Å². The summed E-state index contributed by atoms with van der Waals surface area (Å²) >= 11 is 4.76. The summed E-state index contributed by atoms with van der Waals surface area (Å²) < 4.78 is 578. The molecule has 8 aromatic carbocycles. The van der Waals surface area contributed by atoms with Gasteiger partial charge in [0.1, 0.15) is 6.29 Å². The number of ether oxygens (including phenoxy) is 2. The minimum atomic E-state index is -5.93. The molecule has 0 aliphatic heterocycles. The van der Waals surface area contributed by atoms with Crippen molar-refractivity contribution in [1.29, 1.82) is 0 Å². The number of carbonyl (C=O) groups excluding carboxylic acids is 5. The van der Waals surface area contributed by atoms with E-state index in [1.165, 1.54) is 6.92 Å². The zero-order valence-electron chi connectivity index (χ0n) is 64.1. The van der Waals surface area contributed by atoms with Crippen LogP contribution >= 0.6 is 18.5 Å². The summed E-state index contributed by atoms with van der Waals surface area (Å²) in [6.45, 7) is 1.13. The third-order valence-corrected chi connectivity index (χ3v) is 20.2. The molecule has 0 fully saturated rings. The van der Waals surface area contributed by atoms with Gasteiger partial charge in [0.25, 0.3) is 5.24 Å². The van der Waals surface area contributed by atoms with Crippen LogP contribution in [0.25, 0.3) is 6.08 Å². The molecular formula is C77H46ClF45NO7P. The molecule has 132 heavy (non-hydrogen) atoms. The second-order valence-corrected chi connectivity index (χ2v) is 28.9. The number of alkyl halides is 45. The Bertz CT molecular complexity index is 5040. The van der Waals surface area contributed by atoms with Gasteiger partial charge in [0, 0.05) is 35.1 Å². The lowest BCUT2D eigenvalue weighted by atomic mass is 9.94. The lowest BCUT2D eigenvalue weighted by Gasteiger charge is -2.28. The van der Waals surface area contributed by atoms with Crippen molar-refractivity contribution in [2.45, 2.75) is 120 Å². The predicted octanol–water partition coefficient (Wildman–Crippen LogP) is 27.5. The van der Waals surface area contributed by atoms with Crippen LogP contribution in [0.1, 0.15) is 146 Å². The first-order valence-electron chi connectivity index (χ1n) is 34.1. The molecule has 0 amide bonds. The number of aldehydes is 1. The molecule has 728 valence electrons. The third kappa shape index (κ3) is 31.5. The molecule has 0 saturated carbocycles. The van der Waals surface area contributed by atoms with Crippen molar-refractivity contribution in [2.75, 3.05) is 13.2 Å². The molecule has 0 spiro atoms. The van der Waals surface area contributed by atoms with E-state index in [-0.39, 0.29) is 73.2 Å². The highest BCUT2D eigenvalue weighted by atomic mass is 35.5. The van der Waals surface area contributed by atoms with Crippen LogP contribution in [0.3, 0.4) is 0 Å². The van der Waals surface area contributed by atoms with Crippen LogP contribution in [0.4, 0.5) is 198 Å². The Morgan fingerprint density at radius 3 is 0.720 bits per heavy atom. The van der Waals surface area contributed by atoms with E-state index in [1.54, 1.807) is 5.80 Å². The van der Waals surface area contributed by atoms with E-state index < -0.39 is 241 Å². The predicted molar refractivity (Wildman–Crippen MR) is 374 cm³/mol. The lowest BCUT2D eigenvalue weighted by molar-refractivity contribution is -0.174. The number of hydrogen-bond acceptors (Lipinski definition) is 8. The number of Topliss-reactive ketones (excluding diaryl/α,β-unsaturated/α-hetero) is 1. The number of halogens is 46. The number of carbonyl (C=O) groups is 5. The molecule has 8 aromatic rings. The van der Waals surface area contributed by atoms with E-state index in [1.807, 2.05) is 61.5 Å². The molecule has 0 unspecified atom stereocenters. The number of esters is 2. The van der Waals surface area contributed by atoms with Crippen LogP contribution in [-0.4, -0.2) is 48.3 Å². The van der Waals surface area contributed by atoms with Crippen molar-refractivity contribution in [3.63, 3.8) is 0 Å². The normalized spacial score (nSPS) is 13.0. The molecular weight excluding hydrogens is 1970 g/mol. The summed E-state index contributed by atoms with van der Waals surface area (Å²) in [4.78, 5) is 55.6. The van der Waals surface area contributed by atoms with Crippen molar-refractivity contribution in [2.24, 2.45) is 5.73 Å². The fourth-order valence-electron chi connectivity index (χ4n) is 11.0. The molecule has 8 nitrogen and oxygen atoms in total. The Kier molecular flexibility index (Phi) is 36.9. The Morgan fingerprint density at radius 2 is 0.523 bits per heavy atom. The number of benzene rings is 8. The molecule has 0 aromatic heterocycles. The van der Waals surface area contributed by atoms with Crippen LogP contribution in [0.15, 0.2) is 158 Å². The Morgan fingerprint density at radius 1 is 0.311 bits per heavy atom. The summed E-state index contributed by atoms with van der Waals surface area (Å²) in [7, 11) is 0. The second-order valence-electron chi connectivity index (χ2n) is 25.3. The van der Waals surface area contributed by atoms with Gasteiger partial charge >= 0.3 is 105 Å². The standard InChI is InChI=1S/C22H21O2P.C14H9F9O2.C11H5F9O.C10H2ClF9O.C10H6F9N.C10H3F9O/c1-2-24-22(23)18-25(19-12-6-3-7-13-19,20-14-8-4-9-15-20)21-16-10-5-11-17-21;1-2-25-10(24)4-3-7-5-8(12(15,16)17)11(14(21,22)23)9(6-7)13(18,19)20;1-4(21)5-2-6(9(12,13)14)8(11(18,19)20)7(3-5)10(15,16)17;11-7(21)3-1-4(8(12,13)14)6(10(18,19)20)5(2-3)9(15,16)17;2*11-8(12,13)5-1-4(3-20)2-6(9(14,15)16)7(5)10(17,18)19/h3-18H,2H2,1H3;3-6H,2H2,1H3;2-3H,1H3;1-2H;1-2H,3,20H2;1-3H/b;4-3+;;;;. The largest absolute Gasteiger partial charge is 0.463 e. The molecule has 0 aliphatic rings. The van der Waals surface area contributed by atoms with E-state index in [4.69, 9.17) is 22.1 Å². The molecule has 0 saturated heterocycles. The van der Waals surface area contributed by atoms with Crippen molar-refractivity contribution in [3.8, 4) is 0 Å². The van der Waals surface area contributed by atoms with Gasteiger partial charge in [-0.15, -0.1) is 0 Å². The van der Waals surface area contributed by atoms with Crippen LogP contribution < -0.4 is 21.6 Å². The monoisotopic (exact) mass is 2020 g/mol. The average molecular weight is 2020 g/mol. The smallest absolute Gasteiger partial charge is 0.417 e. The van der Waals surface area contributed by atoms with Crippen LogP contribution in [-0.2, 0) is 118 Å². The van der Waals surface area contributed by atoms with Gasteiger partial charge in [-0.1, -0.05) is 91.0 Å². The van der Waals surface area contributed by atoms with Gasteiger partial charge in [-0.2, -0.15) is 198 Å². The maximum atomic E-state index is 12.9. The summed E-state index contributed by atoms with van der Waals surface area (Å²) in [5.41, 5.74) is -39.8. The van der Waals surface area contributed by atoms with Gasteiger partial charge in [0.15, 0.2) is 5.78 Å². The van der Waals surface area contributed by atoms with Gasteiger partial charge in [-0.05, 0) is 133 Å². The highest BCUT2D eigenvalue weighted by Crippen LogP contribution is 2.54. The quantitative estimate of drug-likeness (QED) is 0.0243. The Balaban J connectivity index is 0.000000409. The molecule has 0 radical (unpaired) electrons. The van der Waals surface area contributed by atoms with E-state index in [0.29, 0.717) is 25.7 Å². The fourth-order valence-corrected chi connectivity index (χ4v) is 14.8. The summed E-state index contributed by atoms with van der Waals surface area (Å²) in [5, 5.41) is 1.67. The van der Waals surface area contributed by atoms with Gasteiger partial charge in [0.2, 0.25) is 0 Å². The molecule has 0 atom stereocenters. The minimum Gasteiger partial charge on any atom is -0.463 e. The highest BCUT2D eigenvalue weighted by Gasteiger charge is 2.57. The van der Waals surface area contributed by atoms with Crippen LogP contribution in [0, 0.1) is 0 Å². The van der Waals surface area contributed by atoms with Gasteiger partial charge < -0.3 is 15.2 Å². The molecule has 2 N–H and O–H groups in total. The number of nitrogens with two attached hydrogens (primary N) is 1. The van der Waals surface area contributed by atoms with Crippen molar-refractivity contribution >= 4 is 75.5 Å². The molecule has 0 bridgehead atoms. The minimum absolute atomic E-state index is 0.0297.